The van der Waals surface area contributed by atoms with Gasteiger partial charge < -0.3 is 4.84 Å². The maximum Gasteiger partial charge on any atom is 0.142 e. The summed E-state index contributed by atoms with van der Waals surface area (Å²) in [6, 6.07) is 0. The molecular formula is C10H21NO. The second-order valence-corrected chi connectivity index (χ2v) is 3.56. The van der Waals surface area contributed by atoms with Crippen molar-refractivity contribution in [2.75, 3.05) is 0 Å². The van der Waals surface area contributed by atoms with Crippen molar-refractivity contribution in [3.63, 3.8) is 0 Å². The molecule has 1 atom stereocenters. The van der Waals surface area contributed by atoms with Gasteiger partial charge in [0.1, 0.15) is 5.60 Å². The Kier molecular flexibility index (Phi) is 4.29. The van der Waals surface area contributed by atoms with Crippen LogP contribution in [0, 0.1) is 5.92 Å². The zero-order chi connectivity index (χ0) is 9.78. The quantitative estimate of drug-likeness (QED) is 0.593. The molecule has 0 N–H and O–H groups in total. The first-order chi connectivity index (χ1) is 5.54. The second kappa shape index (κ2) is 4.48. The monoisotopic (exact) mass is 171 g/mol. The molecule has 0 radical (unpaired) electrons. The van der Waals surface area contributed by atoms with Gasteiger partial charge in [-0.2, -0.15) is 0 Å². The van der Waals surface area contributed by atoms with E-state index in [-0.39, 0.29) is 5.60 Å². The lowest BCUT2D eigenvalue weighted by Gasteiger charge is -2.25. The van der Waals surface area contributed by atoms with Crippen LogP contribution in [0.3, 0.4) is 0 Å². The Morgan fingerprint density at radius 3 is 2.08 bits per heavy atom. The average Bonchev–Trinajstić information content (AvgIpc) is 2.37. The van der Waals surface area contributed by atoms with Crippen LogP contribution >= 0.6 is 0 Å². The van der Waals surface area contributed by atoms with Gasteiger partial charge in [-0.05, 0) is 19.8 Å². The van der Waals surface area contributed by atoms with Gasteiger partial charge in [-0.1, -0.05) is 32.9 Å². The van der Waals surface area contributed by atoms with Crippen LogP contribution < -0.4 is 0 Å². The van der Waals surface area contributed by atoms with Crippen molar-refractivity contribution in [2.45, 2.75) is 53.6 Å². The van der Waals surface area contributed by atoms with Crippen molar-refractivity contribution in [2.24, 2.45) is 11.1 Å². The number of hydrogen-bond acceptors (Lipinski definition) is 2. The molecule has 0 unspecified atom stereocenters. The van der Waals surface area contributed by atoms with E-state index in [0.29, 0.717) is 5.92 Å². The smallest absolute Gasteiger partial charge is 0.142 e. The SMILES string of the molecule is CC.CC1=NO[C@](C)(C(C)C)C1. The van der Waals surface area contributed by atoms with Gasteiger partial charge >= 0.3 is 0 Å². The van der Waals surface area contributed by atoms with Gasteiger partial charge in [-0.3, -0.25) is 0 Å². The molecule has 2 nitrogen and oxygen atoms in total. The zero-order valence-electron chi connectivity index (χ0n) is 9.14. The lowest BCUT2D eigenvalue weighted by atomic mass is 9.88. The molecule has 1 heterocycles. The minimum atomic E-state index is -0.0376. The highest BCUT2D eigenvalue weighted by molar-refractivity contribution is 5.83. The summed E-state index contributed by atoms with van der Waals surface area (Å²) >= 11 is 0. The summed E-state index contributed by atoms with van der Waals surface area (Å²) in [6.07, 6.45) is 0.977. The van der Waals surface area contributed by atoms with E-state index in [1.807, 2.05) is 20.8 Å². The first kappa shape index (κ1) is 11.5. The summed E-state index contributed by atoms with van der Waals surface area (Å²) in [5.41, 5.74) is 1.07. The molecule has 0 saturated heterocycles. The van der Waals surface area contributed by atoms with Gasteiger partial charge in [0.25, 0.3) is 0 Å². The molecule has 0 bridgehead atoms. The van der Waals surface area contributed by atoms with Gasteiger partial charge in [-0.15, -0.1) is 0 Å². The summed E-state index contributed by atoms with van der Waals surface area (Å²) in [6.45, 7) is 12.4. The molecule has 0 fully saturated rings. The Balaban J connectivity index is 0.000000561. The third kappa shape index (κ3) is 2.50. The van der Waals surface area contributed by atoms with Crippen molar-refractivity contribution in [1.29, 1.82) is 0 Å². The summed E-state index contributed by atoms with van der Waals surface area (Å²) in [5, 5.41) is 3.93. The molecule has 0 saturated carbocycles. The minimum absolute atomic E-state index is 0.0376. The molecule has 0 aromatic heterocycles. The van der Waals surface area contributed by atoms with Crippen LogP contribution in [0.15, 0.2) is 5.16 Å². The number of oxime groups is 1. The lowest BCUT2D eigenvalue weighted by Crippen LogP contribution is -2.30. The Labute approximate surface area is 76.0 Å². The summed E-state index contributed by atoms with van der Waals surface area (Å²) < 4.78 is 0. The first-order valence-corrected chi connectivity index (χ1v) is 4.76. The molecule has 1 aliphatic heterocycles. The van der Waals surface area contributed by atoms with E-state index >= 15 is 0 Å². The molecule has 0 amide bonds. The Morgan fingerprint density at radius 1 is 1.42 bits per heavy atom. The van der Waals surface area contributed by atoms with E-state index in [9.17, 15) is 0 Å². The van der Waals surface area contributed by atoms with Gasteiger partial charge in [-0.25, -0.2) is 0 Å². The zero-order valence-corrected chi connectivity index (χ0v) is 9.14. The highest BCUT2D eigenvalue weighted by Gasteiger charge is 2.35. The predicted molar refractivity (Wildman–Crippen MR) is 53.4 cm³/mol. The molecule has 12 heavy (non-hydrogen) atoms. The third-order valence-corrected chi connectivity index (χ3v) is 2.24. The first-order valence-electron chi connectivity index (χ1n) is 4.76. The van der Waals surface area contributed by atoms with Crippen LogP contribution in [0.2, 0.25) is 0 Å². The van der Waals surface area contributed by atoms with Crippen LogP contribution in [-0.4, -0.2) is 11.3 Å². The van der Waals surface area contributed by atoms with Crippen molar-refractivity contribution in [3.05, 3.63) is 0 Å². The fourth-order valence-corrected chi connectivity index (χ4v) is 1.06. The van der Waals surface area contributed by atoms with Gasteiger partial charge in [0, 0.05) is 6.42 Å². The molecule has 0 aromatic carbocycles. The van der Waals surface area contributed by atoms with E-state index in [1.54, 1.807) is 0 Å². The highest BCUT2D eigenvalue weighted by atomic mass is 16.7. The van der Waals surface area contributed by atoms with Gasteiger partial charge in [0.15, 0.2) is 0 Å². The normalized spacial score (nSPS) is 27.4. The second-order valence-electron chi connectivity index (χ2n) is 3.56. The molecule has 0 aliphatic carbocycles. The highest BCUT2D eigenvalue weighted by Crippen LogP contribution is 2.30. The fraction of sp³-hybridized carbons (Fsp3) is 0.900. The van der Waals surface area contributed by atoms with Crippen LogP contribution in [0.4, 0.5) is 0 Å². The van der Waals surface area contributed by atoms with Crippen LogP contribution in [0.25, 0.3) is 0 Å². The van der Waals surface area contributed by atoms with E-state index < -0.39 is 0 Å². The van der Waals surface area contributed by atoms with Crippen molar-refractivity contribution in [1.82, 2.24) is 0 Å². The van der Waals surface area contributed by atoms with E-state index in [4.69, 9.17) is 4.84 Å². The molecule has 1 rings (SSSR count). The molecule has 0 spiro atoms. The van der Waals surface area contributed by atoms with E-state index in [1.165, 1.54) is 0 Å². The van der Waals surface area contributed by atoms with Crippen LogP contribution in [0.5, 0.6) is 0 Å². The van der Waals surface area contributed by atoms with E-state index in [2.05, 4.69) is 25.9 Å². The largest absolute Gasteiger partial charge is 0.389 e. The van der Waals surface area contributed by atoms with Crippen molar-refractivity contribution >= 4 is 5.71 Å². The third-order valence-electron chi connectivity index (χ3n) is 2.24. The maximum absolute atomic E-state index is 5.30. The summed E-state index contributed by atoms with van der Waals surface area (Å²) in [7, 11) is 0. The van der Waals surface area contributed by atoms with Gasteiger partial charge in [0.2, 0.25) is 0 Å². The average molecular weight is 171 g/mol. The van der Waals surface area contributed by atoms with Crippen LogP contribution in [0.1, 0.15) is 48.0 Å². The van der Waals surface area contributed by atoms with Crippen molar-refractivity contribution < 1.29 is 4.84 Å². The molecule has 0 aromatic rings. The number of rotatable bonds is 1. The molecule has 1 aliphatic rings. The topological polar surface area (TPSA) is 21.6 Å². The summed E-state index contributed by atoms with van der Waals surface area (Å²) in [4.78, 5) is 5.30. The summed E-state index contributed by atoms with van der Waals surface area (Å²) in [5.74, 6) is 0.536. The van der Waals surface area contributed by atoms with E-state index in [0.717, 1.165) is 12.1 Å². The lowest BCUT2D eigenvalue weighted by molar-refractivity contribution is -0.0384. The predicted octanol–water partition coefficient (Wildman–Crippen LogP) is 3.22. The standard InChI is InChI=1S/C8H15NO.C2H6/c1-6(2)8(4)5-7(3)9-10-8;1-2/h6H,5H2,1-4H3;1-2H3/t8-;/m0./s1. The van der Waals surface area contributed by atoms with Gasteiger partial charge in [0.05, 0.1) is 5.71 Å². The number of nitrogens with zero attached hydrogens (tertiary/aromatic N) is 1. The Bertz CT molecular complexity index is 163. The molecular weight excluding hydrogens is 150 g/mol. The maximum atomic E-state index is 5.30. The number of hydrogen-bond donors (Lipinski definition) is 0. The van der Waals surface area contributed by atoms with Crippen LogP contribution in [-0.2, 0) is 4.84 Å². The molecule has 2 heteroatoms. The van der Waals surface area contributed by atoms with Crippen molar-refractivity contribution in [3.8, 4) is 0 Å². The Morgan fingerprint density at radius 2 is 1.92 bits per heavy atom. The fourth-order valence-electron chi connectivity index (χ4n) is 1.06. The minimum Gasteiger partial charge on any atom is -0.389 e. The molecule has 72 valence electrons. The Hall–Kier alpha value is -0.530.